The molecular formula is C9H18O. The molecule has 60 valence electrons. The highest BCUT2D eigenvalue weighted by atomic mass is 16.3. The molecule has 0 aromatic heterocycles. The van der Waals surface area contributed by atoms with Crippen LogP contribution in [0.4, 0.5) is 0 Å². The van der Waals surface area contributed by atoms with E-state index in [-0.39, 0.29) is 0 Å². The summed E-state index contributed by atoms with van der Waals surface area (Å²) >= 11 is 0. The van der Waals surface area contributed by atoms with E-state index in [0.717, 1.165) is 0 Å². The van der Waals surface area contributed by atoms with Gasteiger partial charge in [-0.25, -0.2) is 0 Å². The van der Waals surface area contributed by atoms with Crippen molar-refractivity contribution in [3.63, 3.8) is 0 Å². The van der Waals surface area contributed by atoms with E-state index in [2.05, 4.69) is 0 Å². The minimum absolute atomic E-state index is 0.430. The SMILES string of the molecule is CC(C)(O)C1CCCCC1. The van der Waals surface area contributed by atoms with Crippen LogP contribution in [0.1, 0.15) is 46.0 Å². The summed E-state index contributed by atoms with van der Waals surface area (Å²) in [5.74, 6) is 0.557. The van der Waals surface area contributed by atoms with Gasteiger partial charge in [0.05, 0.1) is 5.60 Å². The molecule has 1 fully saturated rings. The van der Waals surface area contributed by atoms with E-state index in [9.17, 15) is 5.11 Å². The highest BCUT2D eigenvalue weighted by Gasteiger charge is 2.27. The van der Waals surface area contributed by atoms with Crippen LogP contribution in [0.5, 0.6) is 0 Å². The Balaban J connectivity index is 2.39. The smallest absolute Gasteiger partial charge is 0.0619 e. The summed E-state index contributed by atoms with van der Waals surface area (Å²) in [7, 11) is 0. The molecule has 1 rings (SSSR count). The summed E-state index contributed by atoms with van der Waals surface area (Å²) in [4.78, 5) is 0. The molecule has 0 unspecified atom stereocenters. The van der Waals surface area contributed by atoms with Crippen molar-refractivity contribution in [3.05, 3.63) is 0 Å². The van der Waals surface area contributed by atoms with Crippen LogP contribution in [0.3, 0.4) is 0 Å². The molecular weight excluding hydrogens is 124 g/mol. The predicted molar refractivity (Wildman–Crippen MR) is 42.9 cm³/mol. The topological polar surface area (TPSA) is 20.2 Å². The van der Waals surface area contributed by atoms with Gasteiger partial charge in [0.1, 0.15) is 0 Å². The predicted octanol–water partition coefficient (Wildman–Crippen LogP) is 2.34. The molecule has 0 saturated heterocycles. The molecule has 1 N–H and O–H groups in total. The Labute approximate surface area is 63.4 Å². The van der Waals surface area contributed by atoms with Crippen molar-refractivity contribution in [1.82, 2.24) is 0 Å². The minimum Gasteiger partial charge on any atom is -0.390 e. The molecule has 0 aromatic carbocycles. The van der Waals surface area contributed by atoms with Gasteiger partial charge in [0.2, 0.25) is 0 Å². The molecule has 0 bridgehead atoms. The van der Waals surface area contributed by atoms with Crippen molar-refractivity contribution in [2.75, 3.05) is 0 Å². The van der Waals surface area contributed by atoms with Crippen molar-refractivity contribution < 1.29 is 5.11 Å². The monoisotopic (exact) mass is 142 g/mol. The third-order valence-electron chi connectivity index (χ3n) is 2.60. The molecule has 0 heterocycles. The third kappa shape index (κ3) is 1.98. The molecule has 10 heavy (non-hydrogen) atoms. The molecule has 1 nitrogen and oxygen atoms in total. The first-order chi connectivity index (χ1) is 4.61. The van der Waals surface area contributed by atoms with Crippen LogP contribution in [-0.2, 0) is 0 Å². The summed E-state index contributed by atoms with van der Waals surface area (Å²) in [5.41, 5.74) is -0.430. The quantitative estimate of drug-likeness (QED) is 0.595. The Hall–Kier alpha value is -0.0400. The van der Waals surface area contributed by atoms with E-state index >= 15 is 0 Å². The fourth-order valence-corrected chi connectivity index (χ4v) is 1.81. The average Bonchev–Trinajstić information content (AvgIpc) is 1.88. The van der Waals surface area contributed by atoms with Crippen LogP contribution >= 0.6 is 0 Å². The second-order valence-corrected chi connectivity index (χ2v) is 3.99. The summed E-state index contributed by atoms with van der Waals surface area (Å²) in [6, 6.07) is 0. The van der Waals surface area contributed by atoms with Crippen molar-refractivity contribution in [3.8, 4) is 0 Å². The van der Waals surface area contributed by atoms with Crippen LogP contribution in [0.2, 0.25) is 0 Å². The molecule has 1 aliphatic carbocycles. The summed E-state index contributed by atoms with van der Waals surface area (Å²) in [5, 5.41) is 9.64. The molecule has 1 aliphatic rings. The van der Waals surface area contributed by atoms with Crippen LogP contribution in [0, 0.1) is 5.92 Å². The third-order valence-corrected chi connectivity index (χ3v) is 2.60. The van der Waals surface area contributed by atoms with Crippen molar-refractivity contribution in [2.24, 2.45) is 5.92 Å². The number of rotatable bonds is 1. The largest absolute Gasteiger partial charge is 0.390 e. The zero-order valence-corrected chi connectivity index (χ0v) is 7.06. The van der Waals surface area contributed by atoms with Gasteiger partial charge in [-0.2, -0.15) is 0 Å². The minimum atomic E-state index is -0.430. The van der Waals surface area contributed by atoms with Crippen LogP contribution in [0.15, 0.2) is 0 Å². The molecule has 0 amide bonds. The molecule has 0 spiro atoms. The van der Waals surface area contributed by atoms with Gasteiger partial charge in [0, 0.05) is 0 Å². The molecule has 0 radical (unpaired) electrons. The van der Waals surface area contributed by atoms with E-state index in [0.29, 0.717) is 5.92 Å². The van der Waals surface area contributed by atoms with Gasteiger partial charge in [-0.15, -0.1) is 0 Å². The maximum absolute atomic E-state index is 9.64. The fraction of sp³-hybridized carbons (Fsp3) is 1.00. The van der Waals surface area contributed by atoms with E-state index in [1.165, 1.54) is 32.1 Å². The highest BCUT2D eigenvalue weighted by molar-refractivity contribution is 4.79. The van der Waals surface area contributed by atoms with Gasteiger partial charge in [-0.3, -0.25) is 0 Å². The van der Waals surface area contributed by atoms with E-state index < -0.39 is 5.60 Å². The summed E-state index contributed by atoms with van der Waals surface area (Å²) < 4.78 is 0. The first-order valence-electron chi connectivity index (χ1n) is 4.33. The first kappa shape index (κ1) is 8.06. The second kappa shape index (κ2) is 2.91. The van der Waals surface area contributed by atoms with Gasteiger partial charge in [0.15, 0.2) is 0 Å². The molecule has 0 aromatic rings. The van der Waals surface area contributed by atoms with E-state index in [4.69, 9.17) is 0 Å². The normalized spacial score (nSPS) is 23.1. The Morgan fingerprint density at radius 3 is 1.90 bits per heavy atom. The fourth-order valence-electron chi connectivity index (χ4n) is 1.81. The van der Waals surface area contributed by atoms with Gasteiger partial charge >= 0.3 is 0 Å². The average molecular weight is 142 g/mol. The lowest BCUT2D eigenvalue weighted by molar-refractivity contribution is 0.000836. The zero-order valence-electron chi connectivity index (χ0n) is 7.06. The second-order valence-electron chi connectivity index (χ2n) is 3.99. The molecule has 1 heteroatoms. The molecule has 0 aliphatic heterocycles. The van der Waals surface area contributed by atoms with E-state index in [1.807, 2.05) is 13.8 Å². The maximum atomic E-state index is 9.64. The van der Waals surface area contributed by atoms with Crippen LogP contribution in [0.25, 0.3) is 0 Å². The number of hydrogen-bond donors (Lipinski definition) is 1. The molecule has 0 atom stereocenters. The lowest BCUT2D eigenvalue weighted by atomic mass is 9.79. The van der Waals surface area contributed by atoms with E-state index in [1.54, 1.807) is 0 Å². The zero-order chi connectivity index (χ0) is 7.61. The standard InChI is InChI=1S/C9H18O/c1-9(2,10)8-6-4-3-5-7-8/h8,10H,3-7H2,1-2H3. The van der Waals surface area contributed by atoms with Crippen molar-refractivity contribution in [2.45, 2.75) is 51.6 Å². The number of hydrogen-bond acceptors (Lipinski definition) is 1. The number of aliphatic hydroxyl groups is 1. The molecule has 1 saturated carbocycles. The van der Waals surface area contributed by atoms with Gasteiger partial charge < -0.3 is 5.11 Å². The Bertz CT molecular complexity index is 95.8. The van der Waals surface area contributed by atoms with Gasteiger partial charge in [0.25, 0.3) is 0 Å². The van der Waals surface area contributed by atoms with Crippen LogP contribution < -0.4 is 0 Å². The van der Waals surface area contributed by atoms with Crippen molar-refractivity contribution >= 4 is 0 Å². The van der Waals surface area contributed by atoms with Crippen molar-refractivity contribution in [1.29, 1.82) is 0 Å². The summed E-state index contributed by atoms with van der Waals surface area (Å²) in [6.45, 7) is 3.87. The summed E-state index contributed by atoms with van der Waals surface area (Å²) in [6.07, 6.45) is 6.45. The Kier molecular flexibility index (Phi) is 2.35. The Morgan fingerprint density at radius 2 is 1.60 bits per heavy atom. The lowest BCUT2D eigenvalue weighted by Crippen LogP contribution is -2.32. The first-order valence-corrected chi connectivity index (χ1v) is 4.33. The highest BCUT2D eigenvalue weighted by Crippen LogP contribution is 2.31. The Morgan fingerprint density at radius 1 is 1.10 bits per heavy atom. The maximum Gasteiger partial charge on any atom is 0.0619 e. The lowest BCUT2D eigenvalue weighted by Gasteiger charge is -2.32. The van der Waals surface area contributed by atoms with Crippen LogP contribution in [-0.4, -0.2) is 10.7 Å². The van der Waals surface area contributed by atoms with Gasteiger partial charge in [-0.1, -0.05) is 19.3 Å². The van der Waals surface area contributed by atoms with Gasteiger partial charge in [-0.05, 0) is 32.6 Å².